The first kappa shape index (κ1) is 12.3. The maximum absolute atomic E-state index is 5.82. The van der Waals surface area contributed by atoms with Gasteiger partial charge in [0.1, 0.15) is 0 Å². The Bertz CT molecular complexity index is 185. The highest BCUT2D eigenvalue weighted by Crippen LogP contribution is 2.52. The SMILES string of the molecule is COC1(OC)CC(CN)(SC(C)C)C1. The van der Waals surface area contributed by atoms with Gasteiger partial charge in [-0.05, 0) is 5.25 Å². The molecular weight excluding hydrogens is 198 g/mol. The Balaban J connectivity index is 2.55. The number of methoxy groups -OCH3 is 2. The first-order valence-corrected chi connectivity index (χ1v) is 5.87. The predicted octanol–water partition coefficient (Wildman–Crippen LogP) is 1.61. The van der Waals surface area contributed by atoms with E-state index in [1.165, 1.54) is 0 Å². The van der Waals surface area contributed by atoms with Crippen molar-refractivity contribution < 1.29 is 9.47 Å². The van der Waals surface area contributed by atoms with Gasteiger partial charge in [0.05, 0.1) is 0 Å². The van der Waals surface area contributed by atoms with Crippen molar-refractivity contribution in [3.05, 3.63) is 0 Å². The summed E-state index contributed by atoms with van der Waals surface area (Å²) in [7, 11) is 3.40. The summed E-state index contributed by atoms with van der Waals surface area (Å²) in [5.74, 6) is -0.374. The van der Waals surface area contributed by atoms with Crippen molar-refractivity contribution in [2.45, 2.75) is 42.5 Å². The molecule has 0 bridgehead atoms. The molecule has 84 valence electrons. The molecule has 1 saturated carbocycles. The van der Waals surface area contributed by atoms with Crippen LogP contribution in [0.1, 0.15) is 26.7 Å². The van der Waals surface area contributed by atoms with Gasteiger partial charge in [-0.1, -0.05) is 13.8 Å². The first-order valence-electron chi connectivity index (χ1n) is 5.00. The summed E-state index contributed by atoms with van der Waals surface area (Å²) in [6.45, 7) is 5.09. The number of rotatable bonds is 5. The van der Waals surface area contributed by atoms with E-state index in [9.17, 15) is 0 Å². The second-order valence-electron chi connectivity index (χ2n) is 4.23. The van der Waals surface area contributed by atoms with Crippen molar-refractivity contribution in [1.82, 2.24) is 0 Å². The highest BCUT2D eigenvalue weighted by molar-refractivity contribution is 8.01. The van der Waals surface area contributed by atoms with Gasteiger partial charge in [-0.2, -0.15) is 11.8 Å². The van der Waals surface area contributed by atoms with Crippen molar-refractivity contribution in [3.63, 3.8) is 0 Å². The van der Waals surface area contributed by atoms with Crippen LogP contribution in [0.3, 0.4) is 0 Å². The van der Waals surface area contributed by atoms with E-state index in [1.54, 1.807) is 14.2 Å². The van der Waals surface area contributed by atoms with E-state index in [-0.39, 0.29) is 10.5 Å². The number of hydrogen-bond donors (Lipinski definition) is 1. The largest absolute Gasteiger partial charge is 0.353 e. The molecule has 0 saturated heterocycles. The van der Waals surface area contributed by atoms with Crippen LogP contribution in [0.2, 0.25) is 0 Å². The van der Waals surface area contributed by atoms with Gasteiger partial charge >= 0.3 is 0 Å². The standard InChI is InChI=1S/C10H21NO2S/c1-8(2)14-9(7-11)5-10(6-9,12-3)13-4/h8H,5-7,11H2,1-4H3. The molecule has 0 spiro atoms. The van der Waals surface area contributed by atoms with Crippen LogP contribution in [0.25, 0.3) is 0 Å². The maximum atomic E-state index is 5.82. The second kappa shape index (κ2) is 4.39. The number of hydrogen-bond acceptors (Lipinski definition) is 4. The number of ether oxygens (including phenoxy) is 2. The second-order valence-corrected chi connectivity index (χ2v) is 6.27. The van der Waals surface area contributed by atoms with Crippen molar-refractivity contribution in [1.29, 1.82) is 0 Å². The van der Waals surface area contributed by atoms with Crippen LogP contribution in [0.4, 0.5) is 0 Å². The van der Waals surface area contributed by atoms with Crippen molar-refractivity contribution in [3.8, 4) is 0 Å². The minimum Gasteiger partial charge on any atom is -0.353 e. The smallest absolute Gasteiger partial charge is 0.170 e. The summed E-state index contributed by atoms with van der Waals surface area (Å²) < 4.78 is 10.9. The number of thioether (sulfide) groups is 1. The summed E-state index contributed by atoms with van der Waals surface area (Å²) in [5.41, 5.74) is 5.82. The molecule has 0 amide bonds. The Kier molecular flexibility index (Phi) is 3.86. The van der Waals surface area contributed by atoms with E-state index in [4.69, 9.17) is 15.2 Å². The summed E-state index contributed by atoms with van der Waals surface area (Å²) in [4.78, 5) is 0. The van der Waals surface area contributed by atoms with Gasteiger partial charge in [-0.3, -0.25) is 0 Å². The van der Waals surface area contributed by atoms with Crippen molar-refractivity contribution in [2.75, 3.05) is 20.8 Å². The molecule has 0 atom stereocenters. The van der Waals surface area contributed by atoms with Crippen LogP contribution in [0.15, 0.2) is 0 Å². The molecule has 0 unspecified atom stereocenters. The molecular formula is C10H21NO2S. The first-order chi connectivity index (χ1) is 6.51. The molecule has 0 aliphatic heterocycles. The lowest BCUT2D eigenvalue weighted by atomic mass is 9.77. The van der Waals surface area contributed by atoms with Crippen molar-refractivity contribution >= 4 is 11.8 Å². The number of nitrogens with two attached hydrogens (primary N) is 1. The fourth-order valence-corrected chi connectivity index (χ4v) is 3.78. The minimum absolute atomic E-state index is 0.167. The molecule has 0 heterocycles. The Hall–Kier alpha value is 0.230. The Morgan fingerprint density at radius 1 is 1.29 bits per heavy atom. The molecule has 0 aromatic rings. The molecule has 4 heteroatoms. The fraction of sp³-hybridized carbons (Fsp3) is 1.00. The van der Waals surface area contributed by atoms with Crippen molar-refractivity contribution in [2.24, 2.45) is 5.73 Å². The van der Waals surface area contributed by atoms with Gasteiger partial charge in [-0.25, -0.2) is 0 Å². The van der Waals surface area contributed by atoms with Gasteiger partial charge in [0.2, 0.25) is 0 Å². The molecule has 1 aliphatic rings. The summed E-state index contributed by atoms with van der Waals surface area (Å²) in [5, 5.41) is 0.602. The molecule has 1 fully saturated rings. The van der Waals surface area contributed by atoms with Gasteiger partial charge in [0.25, 0.3) is 0 Å². The lowest BCUT2D eigenvalue weighted by Gasteiger charge is -2.53. The van der Waals surface area contributed by atoms with Gasteiger partial charge in [-0.15, -0.1) is 0 Å². The third-order valence-corrected chi connectivity index (χ3v) is 4.21. The molecule has 0 aromatic carbocycles. The van der Waals surface area contributed by atoms with Crippen LogP contribution in [-0.4, -0.2) is 36.5 Å². The minimum atomic E-state index is -0.374. The average molecular weight is 219 g/mol. The van der Waals surface area contributed by atoms with Gasteiger partial charge < -0.3 is 15.2 Å². The Morgan fingerprint density at radius 3 is 2.07 bits per heavy atom. The molecule has 1 rings (SSSR count). The lowest BCUT2D eigenvalue weighted by molar-refractivity contribution is -0.260. The molecule has 3 nitrogen and oxygen atoms in total. The van der Waals surface area contributed by atoms with Crippen LogP contribution in [-0.2, 0) is 9.47 Å². The Labute approximate surface area is 90.7 Å². The van der Waals surface area contributed by atoms with Gasteiger partial charge in [0, 0.05) is 38.4 Å². The zero-order valence-electron chi connectivity index (χ0n) is 9.50. The lowest BCUT2D eigenvalue weighted by Crippen LogP contribution is -2.60. The van der Waals surface area contributed by atoms with E-state index in [0.717, 1.165) is 12.8 Å². The third kappa shape index (κ3) is 2.24. The fourth-order valence-electron chi connectivity index (χ4n) is 2.08. The van der Waals surface area contributed by atoms with Crippen LogP contribution < -0.4 is 5.73 Å². The van der Waals surface area contributed by atoms with E-state index in [2.05, 4.69) is 13.8 Å². The highest BCUT2D eigenvalue weighted by atomic mass is 32.2. The van der Waals surface area contributed by atoms with E-state index >= 15 is 0 Å². The summed E-state index contributed by atoms with van der Waals surface area (Å²) >= 11 is 1.94. The van der Waals surface area contributed by atoms with E-state index < -0.39 is 0 Å². The molecule has 14 heavy (non-hydrogen) atoms. The topological polar surface area (TPSA) is 44.5 Å². The van der Waals surface area contributed by atoms with Crippen LogP contribution in [0, 0.1) is 0 Å². The maximum Gasteiger partial charge on any atom is 0.170 e. The van der Waals surface area contributed by atoms with E-state index in [0.29, 0.717) is 11.8 Å². The normalized spacial score (nSPS) is 23.6. The molecule has 0 radical (unpaired) electrons. The zero-order chi connectivity index (χ0) is 10.8. The molecule has 1 aliphatic carbocycles. The quantitative estimate of drug-likeness (QED) is 0.714. The monoisotopic (exact) mass is 219 g/mol. The highest BCUT2D eigenvalue weighted by Gasteiger charge is 2.55. The average Bonchev–Trinajstić information content (AvgIpc) is 2.10. The third-order valence-electron chi connectivity index (χ3n) is 2.78. The summed E-state index contributed by atoms with van der Waals surface area (Å²) in [6.07, 6.45) is 1.79. The van der Waals surface area contributed by atoms with Crippen LogP contribution >= 0.6 is 11.8 Å². The van der Waals surface area contributed by atoms with Crippen LogP contribution in [0.5, 0.6) is 0 Å². The molecule has 2 N–H and O–H groups in total. The zero-order valence-corrected chi connectivity index (χ0v) is 10.3. The Morgan fingerprint density at radius 2 is 1.79 bits per heavy atom. The van der Waals surface area contributed by atoms with E-state index in [1.807, 2.05) is 11.8 Å². The van der Waals surface area contributed by atoms with Gasteiger partial charge in [0.15, 0.2) is 5.79 Å². The molecule has 0 aromatic heterocycles. The predicted molar refractivity (Wildman–Crippen MR) is 60.5 cm³/mol. The summed E-state index contributed by atoms with van der Waals surface area (Å²) in [6, 6.07) is 0.